The van der Waals surface area contributed by atoms with Gasteiger partial charge in [-0.3, -0.25) is 14.5 Å². The molecule has 1 aliphatic heterocycles. The van der Waals surface area contributed by atoms with Crippen LogP contribution in [0.1, 0.15) is 46.5 Å². The summed E-state index contributed by atoms with van der Waals surface area (Å²) in [4.78, 5) is 31.8. The van der Waals surface area contributed by atoms with E-state index in [-0.39, 0.29) is 28.1 Å². The second-order valence-electron chi connectivity index (χ2n) is 7.71. The lowest BCUT2D eigenvalue weighted by Gasteiger charge is -2.26. The minimum absolute atomic E-state index is 0.192. The standard InChI is InChI=1S/C22H26N4O3/c1-15-18(19-21(29-15)24-14-25(2)22(19)28)20(27)23-12-16-6-8-17(9-7-16)13-26-10-4-3-5-11-26/h6-9,14H,3-5,10-13H2,1-2H3,(H,23,27). The molecule has 0 saturated carbocycles. The van der Waals surface area contributed by atoms with Crippen LogP contribution in [0.25, 0.3) is 11.1 Å². The first-order valence-electron chi connectivity index (χ1n) is 10.1. The van der Waals surface area contributed by atoms with Crippen LogP contribution in [0.15, 0.2) is 39.8 Å². The highest BCUT2D eigenvalue weighted by Gasteiger charge is 2.22. The highest BCUT2D eigenvalue weighted by atomic mass is 16.3. The number of aryl methyl sites for hydroxylation is 2. The fourth-order valence-corrected chi connectivity index (χ4v) is 3.87. The minimum atomic E-state index is -0.330. The summed E-state index contributed by atoms with van der Waals surface area (Å²) >= 11 is 0. The van der Waals surface area contributed by atoms with Gasteiger partial charge in [0.05, 0.1) is 5.56 Å². The summed E-state index contributed by atoms with van der Waals surface area (Å²) in [7, 11) is 1.60. The lowest BCUT2D eigenvalue weighted by Crippen LogP contribution is -2.29. The van der Waals surface area contributed by atoms with Gasteiger partial charge in [0, 0.05) is 20.1 Å². The number of piperidine rings is 1. The molecule has 1 aliphatic rings. The van der Waals surface area contributed by atoms with Crippen molar-refractivity contribution in [1.82, 2.24) is 19.8 Å². The van der Waals surface area contributed by atoms with Crippen molar-refractivity contribution < 1.29 is 9.21 Å². The Morgan fingerprint density at radius 3 is 2.55 bits per heavy atom. The third-order valence-electron chi connectivity index (χ3n) is 5.51. The Balaban J connectivity index is 1.43. The average Bonchev–Trinajstić information content (AvgIpc) is 3.07. The van der Waals surface area contributed by atoms with Gasteiger partial charge in [0.2, 0.25) is 5.71 Å². The van der Waals surface area contributed by atoms with Crippen molar-refractivity contribution >= 4 is 17.0 Å². The molecule has 1 amide bonds. The van der Waals surface area contributed by atoms with Crippen molar-refractivity contribution in [2.24, 2.45) is 7.05 Å². The molecule has 1 N–H and O–H groups in total. The number of carbonyl (C=O) groups excluding carboxylic acids is 1. The molecule has 0 aliphatic carbocycles. The molecule has 3 heterocycles. The number of hydrogen-bond acceptors (Lipinski definition) is 5. The number of nitrogens with zero attached hydrogens (tertiary/aromatic N) is 3. The number of rotatable bonds is 5. The van der Waals surface area contributed by atoms with Crippen LogP contribution in [0.4, 0.5) is 0 Å². The van der Waals surface area contributed by atoms with Gasteiger partial charge in [0.25, 0.3) is 11.5 Å². The second-order valence-corrected chi connectivity index (χ2v) is 7.71. The summed E-state index contributed by atoms with van der Waals surface area (Å²) in [6, 6.07) is 8.32. The van der Waals surface area contributed by atoms with Crippen molar-refractivity contribution in [2.45, 2.75) is 39.3 Å². The fraction of sp³-hybridized carbons (Fsp3) is 0.409. The van der Waals surface area contributed by atoms with Crippen molar-refractivity contribution in [1.29, 1.82) is 0 Å². The molecule has 4 rings (SSSR count). The summed E-state index contributed by atoms with van der Waals surface area (Å²) in [5, 5.41) is 3.12. The number of likely N-dealkylation sites (tertiary alicyclic amines) is 1. The molecule has 3 aromatic rings. The summed E-state index contributed by atoms with van der Waals surface area (Å²) in [6.45, 7) is 5.37. The van der Waals surface area contributed by atoms with E-state index in [1.165, 1.54) is 48.8 Å². The number of aromatic nitrogens is 2. The molecule has 0 unspecified atom stereocenters. The molecule has 7 heteroatoms. The molecule has 1 fully saturated rings. The highest BCUT2D eigenvalue weighted by molar-refractivity contribution is 6.06. The Labute approximate surface area is 169 Å². The zero-order valence-corrected chi connectivity index (χ0v) is 16.9. The average molecular weight is 394 g/mol. The Morgan fingerprint density at radius 2 is 1.83 bits per heavy atom. The Kier molecular flexibility index (Phi) is 5.49. The van der Waals surface area contributed by atoms with Crippen LogP contribution in [-0.4, -0.2) is 33.4 Å². The first-order chi connectivity index (χ1) is 14.0. The molecule has 0 atom stereocenters. The predicted octanol–water partition coefficient (Wildman–Crippen LogP) is 2.75. The van der Waals surface area contributed by atoms with E-state index >= 15 is 0 Å². The number of fused-ring (bicyclic) bond motifs is 1. The van der Waals surface area contributed by atoms with E-state index < -0.39 is 0 Å². The van der Waals surface area contributed by atoms with Gasteiger partial charge in [-0.1, -0.05) is 30.7 Å². The van der Waals surface area contributed by atoms with E-state index in [0.29, 0.717) is 12.3 Å². The fourth-order valence-electron chi connectivity index (χ4n) is 3.87. The molecular formula is C22H26N4O3. The predicted molar refractivity (Wildman–Crippen MR) is 111 cm³/mol. The monoisotopic (exact) mass is 394 g/mol. The van der Waals surface area contributed by atoms with Crippen LogP contribution in [0.5, 0.6) is 0 Å². The van der Waals surface area contributed by atoms with Gasteiger partial charge in [-0.2, -0.15) is 0 Å². The van der Waals surface area contributed by atoms with Crippen molar-refractivity contribution in [3.05, 3.63) is 63.4 Å². The summed E-state index contributed by atoms with van der Waals surface area (Å²) < 4.78 is 6.85. The number of nitrogens with one attached hydrogen (secondary N) is 1. The number of furan rings is 1. The molecule has 1 saturated heterocycles. The van der Waals surface area contributed by atoms with Crippen molar-refractivity contribution in [3.63, 3.8) is 0 Å². The van der Waals surface area contributed by atoms with Gasteiger partial charge in [-0.05, 0) is 44.0 Å². The van der Waals surface area contributed by atoms with E-state index in [1.807, 2.05) is 12.1 Å². The molecule has 152 valence electrons. The van der Waals surface area contributed by atoms with E-state index in [2.05, 4.69) is 27.3 Å². The number of hydrogen-bond donors (Lipinski definition) is 1. The molecule has 0 spiro atoms. The maximum atomic E-state index is 12.8. The van der Waals surface area contributed by atoms with Crippen molar-refractivity contribution in [2.75, 3.05) is 13.1 Å². The molecule has 29 heavy (non-hydrogen) atoms. The minimum Gasteiger partial charge on any atom is -0.442 e. The molecule has 0 radical (unpaired) electrons. The molecule has 2 aromatic heterocycles. The third kappa shape index (κ3) is 4.10. The Morgan fingerprint density at radius 1 is 1.14 bits per heavy atom. The van der Waals surface area contributed by atoms with Crippen molar-refractivity contribution in [3.8, 4) is 0 Å². The van der Waals surface area contributed by atoms with E-state index in [4.69, 9.17) is 4.42 Å². The van der Waals surface area contributed by atoms with Gasteiger partial charge in [-0.15, -0.1) is 0 Å². The summed E-state index contributed by atoms with van der Waals surface area (Å²) in [5.74, 6) is 0.0638. The quantitative estimate of drug-likeness (QED) is 0.720. The van der Waals surface area contributed by atoms with Gasteiger partial charge < -0.3 is 14.3 Å². The van der Waals surface area contributed by atoms with Gasteiger partial charge in [0.1, 0.15) is 17.5 Å². The van der Waals surface area contributed by atoms with E-state index in [0.717, 1.165) is 12.1 Å². The lowest BCUT2D eigenvalue weighted by atomic mass is 10.1. The summed E-state index contributed by atoms with van der Waals surface area (Å²) in [6.07, 6.45) is 5.29. The third-order valence-corrected chi connectivity index (χ3v) is 5.51. The molecule has 0 bridgehead atoms. The van der Waals surface area contributed by atoms with Crippen LogP contribution in [0, 0.1) is 6.92 Å². The van der Waals surface area contributed by atoms with Crippen LogP contribution >= 0.6 is 0 Å². The first kappa shape index (κ1) is 19.4. The largest absolute Gasteiger partial charge is 0.442 e. The lowest BCUT2D eigenvalue weighted by molar-refractivity contribution is 0.0950. The van der Waals surface area contributed by atoms with E-state index in [9.17, 15) is 9.59 Å². The zero-order valence-electron chi connectivity index (χ0n) is 16.9. The van der Waals surface area contributed by atoms with Crippen LogP contribution in [-0.2, 0) is 20.1 Å². The van der Waals surface area contributed by atoms with Gasteiger partial charge in [0.15, 0.2) is 0 Å². The van der Waals surface area contributed by atoms with Gasteiger partial charge >= 0.3 is 0 Å². The van der Waals surface area contributed by atoms with Gasteiger partial charge in [-0.25, -0.2) is 4.98 Å². The molecule has 1 aromatic carbocycles. The topological polar surface area (TPSA) is 80.4 Å². The Hall–Kier alpha value is -2.93. The first-order valence-corrected chi connectivity index (χ1v) is 10.1. The molecular weight excluding hydrogens is 368 g/mol. The second kappa shape index (κ2) is 8.21. The maximum Gasteiger partial charge on any atom is 0.265 e. The number of benzene rings is 1. The molecule has 7 nitrogen and oxygen atoms in total. The van der Waals surface area contributed by atoms with Crippen LogP contribution in [0.2, 0.25) is 0 Å². The van der Waals surface area contributed by atoms with Crippen LogP contribution < -0.4 is 10.9 Å². The maximum absolute atomic E-state index is 12.8. The highest BCUT2D eigenvalue weighted by Crippen LogP contribution is 2.21. The Bertz CT molecular complexity index is 1080. The smallest absolute Gasteiger partial charge is 0.265 e. The van der Waals surface area contributed by atoms with E-state index in [1.54, 1.807) is 14.0 Å². The number of carbonyl (C=O) groups is 1. The SMILES string of the molecule is Cc1oc2ncn(C)c(=O)c2c1C(=O)NCc1ccc(CN2CCCCC2)cc1. The number of amides is 1. The normalized spacial score (nSPS) is 15.0. The van der Waals surface area contributed by atoms with Crippen LogP contribution in [0.3, 0.4) is 0 Å². The summed E-state index contributed by atoms with van der Waals surface area (Å²) in [5.41, 5.74) is 2.46. The zero-order chi connectivity index (χ0) is 20.4.